The van der Waals surface area contributed by atoms with E-state index < -0.39 is 5.76 Å². The van der Waals surface area contributed by atoms with Gasteiger partial charge in [0.15, 0.2) is 0 Å². The molecular weight excluding hydrogens is 284 g/mol. The predicted octanol–water partition coefficient (Wildman–Crippen LogP) is 1.84. The van der Waals surface area contributed by atoms with E-state index in [1.807, 2.05) is 0 Å². The van der Waals surface area contributed by atoms with Crippen molar-refractivity contribution in [3.8, 4) is 0 Å². The summed E-state index contributed by atoms with van der Waals surface area (Å²) in [6.07, 6.45) is 0. The smallest absolute Gasteiger partial charge is 0.288 e. The lowest BCUT2D eigenvalue weighted by atomic mass is 10.3. The number of benzene rings is 1. The van der Waals surface area contributed by atoms with Crippen molar-refractivity contribution < 1.29 is 13.6 Å². The van der Waals surface area contributed by atoms with Crippen LogP contribution in [0, 0.1) is 0 Å². The molecule has 1 aliphatic heterocycles. The fourth-order valence-electron chi connectivity index (χ4n) is 1.99. The standard InChI is InChI=1S/C13H17F2N3OS/c14-13(15)20-11-3-1-10(2-4-11)17-12(19)9-18-7-5-16-6-8-18/h1-4,13,16H,5-9H2,(H,17,19). The largest absolute Gasteiger partial charge is 0.325 e. The zero-order chi connectivity index (χ0) is 14.4. The molecule has 2 rings (SSSR count). The molecule has 1 fully saturated rings. The quantitative estimate of drug-likeness (QED) is 0.815. The van der Waals surface area contributed by atoms with Gasteiger partial charge in [-0.25, -0.2) is 0 Å². The summed E-state index contributed by atoms with van der Waals surface area (Å²) in [4.78, 5) is 14.4. The molecule has 1 saturated heterocycles. The van der Waals surface area contributed by atoms with Gasteiger partial charge in [-0.2, -0.15) is 8.78 Å². The number of rotatable bonds is 5. The second-order valence-electron chi connectivity index (χ2n) is 4.48. The number of alkyl halides is 2. The highest BCUT2D eigenvalue weighted by Gasteiger charge is 2.13. The Morgan fingerprint density at radius 3 is 2.55 bits per heavy atom. The van der Waals surface area contributed by atoms with Crippen molar-refractivity contribution in [1.29, 1.82) is 0 Å². The monoisotopic (exact) mass is 301 g/mol. The molecule has 0 aliphatic carbocycles. The van der Waals surface area contributed by atoms with Gasteiger partial charge in [0.1, 0.15) is 0 Å². The van der Waals surface area contributed by atoms with E-state index in [2.05, 4.69) is 15.5 Å². The van der Waals surface area contributed by atoms with Gasteiger partial charge >= 0.3 is 0 Å². The molecule has 0 saturated carbocycles. The zero-order valence-corrected chi connectivity index (χ0v) is 11.8. The van der Waals surface area contributed by atoms with Gasteiger partial charge in [-0.15, -0.1) is 0 Å². The van der Waals surface area contributed by atoms with Gasteiger partial charge in [-0.3, -0.25) is 9.69 Å². The summed E-state index contributed by atoms with van der Waals surface area (Å²) in [5.74, 6) is -2.51. The number of hydrogen-bond donors (Lipinski definition) is 2. The van der Waals surface area contributed by atoms with Gasteiger partial charge in [0.25, 0.3) is 5.76 Å². The number of amides is 1. The lowest BCUT2D eigenvalue weighted by Gasteiger charge is -2.26. The highest BCUT2D eigenvalue weighted by atomic mass is 32.2. The fraction of sp³-hybridized carbons (Fsp3) is 0.462. The summed E-state index contributed by atoms with van der Waals surface area (Å²) in [7, 11) is 0. The molecule has 7 heteroatoms. The first kappa shape index (κ1) is 15.2. The molecule has 0 bridgehead atoms. The second kappa shape index (κ2) is 7.56. The summed E-state index contributed by atoms with van der Waals surface area (Å²) in [6, 6.07) is 6.44. The summed E-state index contributed by atoms with van der Waals surface area (Å²) in [5, 5.41) is 5.99. The first-order chi connectivity index (χ1) is 9.63. The van der Waals surface area contributed by atoms with Gasteiger partial charge in [0, 0.05) is 36.8 Å². The molecule has 4 nitrogen and oxygen atoms in total. The maximum Gasteiger partial charge on any atom is 0.288 e. The van der Waals surface area contributed by atoms with Crippen LogP contribution in [0.1, 0.15) is 0 Å². The van der Waals surface area contributed by atoms with Crippen LogP contribution in [0.25, 0.3) is 0 Å². The number of halogens is 2. The van der Waals surface area contributed by atoms with Gasteiger partial charge in [0.2, 0.25) is 5.91 Å². The van der Waals surface area contributed by atoms with E-state index in [1.54, 1.807) is 24.3 Å². The van der Waals surface area contributed by atoms with Crippen molar-refractivity contribution in [2.24, 2.45) is 0 Å². The third-order valence-corrected chi connectivity index (χ3v) is 3.66. The molecule has 2 N–H and O–H groups in total. The van der Waals surface area contributed by atoms with Crippen LogP contribution in [-0.2, 0) is 4.79 Å². The van der Waals surface area contributed by atoms with E-state index in [4.69, 9.17) is 0 Å². The third-order valence-electron chi connectivity index (χ3n) is 2.94. The van der Waals surface area contributed by atoms with E-state index in [0.29, 0.717) is 28.9 Å². The predicted molar refractivity (Wildman–Crippen MR) is 76.2 cm³/mol. The molecule has 1 amide bonds. The maximum atomic E-state index is 12.2. The Bertz CT molecular complexity index is 436. The minimum atomic E-state index is -2.43. The lowest BCUT2D eigenvalue weighted by Crippen LogP contribution is -2.46. The molecule has 0 unspecified atom stereocenters. The summed E-state index contributed by atoms with van der Waals surface area (Å²) in [5.41, 5.74) is 0.628. The van der Waals surface area contributed by atoms with Crippen molar-refractivity contribution in [3.05, 3.63) is 24.3 Å². The van der Waals surface area contributed by atoms with Gasteiger partial charge in [-0.05, 0) is 24.3 Å². The van der Waals surface area contributed by atoms with E-state index in [0.717, 1.165) is 26.2 Å². The Kier molecular flexibility index (Phi) is 5.75. The van der Waals surface area contributed by atoms with Crippen LogP contribution in [0.5, 0.6) is 0 Å². The molecule has 1 aliphatic rings. The molecular formula is C13H17F2N3OS. The number of nitrogens with one attached hydrogen (secondary N) is 2. The topological polar surface area (TPSA) is 44.4 Å². The fourth-order valence-corrected chi connectivity index (χ4v) is 2.49. The minimum absolute atomic E-state index is 0.0823. The Balaban J connectivity index is 1.81. The lowest BCUT2D eigenvalue weighted by molar-refractivity contribution is -0.117. The van der Waals surface area contributed by atoms with Crippen LogP contribution < -0.4 is 10.6 Å². The first-order valence-electron chi connectivity index (χ1n) is 6.41. The van der Waals surface area contributed by atoms with Crippen molar-refractivity contribution in [3.63, 3.8) is 0 Å². The summed E-state index contributed by atoms with van der Waals surface area (Å²) < 4.78 is 24.3. The van der Waals surface area contributed by atoms with E-state index >= 15 is 0 Å². The number of carbonyl (C=O) groups is 1. The molecule has 20 heavy (non-hydrogen) atoms. The molecule has 1 aromatic rings. The van der Waals surface area contributed by atoms with Crippen molar-refractivity contribution in [1.82, 2.24) is 10.2 Å². The molecule has 0 aromatic heterocycles. The van der Waals surface area contributed by atoms with Crippen LogP contribution in [0.2, 0.25) is 0 Å². The maximum absolute atomic E-state index is 12.2. The Morgan fingerprint density at radius 1 is 1.30 bits per heavy atom. The molecule has 1 aromatic carbocycles. The number of carbonyl (C=O) groups excluding carboxylic acids is 1. The number of piperazine rings is 1. The molecule has 0 radical (unpaired) electrons. The second-order valence-corrected chi connectivity index (χ2v) is 5.54. The average Bonchev–Trinajstić information content (AvgIpc) is 2.41. The van der Waals surface area contributed by atoms with E-state index in [9.17, 15) is 13.6 Å². The highest BCUT2D eigenvalue weighted by Crippen LogP contribution is 2.26. The Hall–Kier alpha value is -1.18. The number of hydrogen-bond acceptors (Lipinski definition) is 4. The highest BCUT2D eigenvalue weighted by molar-refractivity contribution is 7.99. The SMILES string of the molecule is O=C(CN1CCNCC1)Nc1ccc(SC(F)F)cc1. The van der Waals surface area contributed by atoms with Gasteiger partial charge in [-0.1, -0.05) is 11.8 Å². The average molecular weight is 301 g/mol. The minimum Gasteiger partial charge on any atom is -0.325 e. The Morgan fingerprint density at radius 2 is 1.95 bits per heavy atom. The Labute approximate surface area is 120 Å². The summed E-state index contributed by atoms with van der Waals surface area (Å²) >= 11 is 0.493. The molecule has 1 heterocycles. The van der Waals surface area contributed by atoms with Crippen LogP contribution >= 0.6 is 11.8 Å². The first-order valence-corrected chi connectivity index (χ1v) is 7.29. The van der Waals surface area contributed by atoms with E-state index in [-0.39, 0.29) is 5.91 Å². The van der Waals surface area contributed by atoms with Gasteiger partial charge in [0.05, 0.1) is 6.54 Å². The van der Waals surface area contributed by atoms with Crippen molar-refractivity contribution in [2.75, 3.05) is 38.0 Å². The summed E-state index contributed by atoms with van der Waals surface area (Å²) in [6.45, 7) is 3.86. The van der Waals surface area contributed by atoms with Gasteiger partial charge < -0.3 is 10.6 Å². The molecule has 0 atom stereocenters. The van der Waals surface area contributed by atoms with Crippen LogP contribution in [-0.4, -0.2) is 49.3 Å². The molecule has 0 spiro atoms. The molecule has 110 valence electrons. The zero-order valence-electron chi connectivity index (χ0n) is 10.9. The van der Waals surface area contributed by atoms with E-state index in [1.165, 1.54) is 0 Å². The van der Waals surface area contributed by atoms with Crippen molar-refractivity contribution in [2.45, 2.75) is 10.7 Å². The van der Waals surface area contributed by atoms with Crippen molar-refractivity contribution >= 4 is 23.4 Å². The number of anilines is 1. The number of thioether (sulfide) groups is 1. The van der Waals surface area contributed by atoms with Crippen LogP contribution in [0.3, 0.4) is 0 Å². The third kappa shape index (κ3) is 5.07. The normalized spacial score (nSPS) is 16.4. The number of nitrogens with zero attached hydrogens (tertiary/aromatic N) is 1. The van der Waals surface area contributed by atoms with Crippen LogP contribution in [0.15, 0.2) is 29.2 Å². The van der Waals surface area contributed by atoms with Crippen LogP contribution in [0.4, 0.5) is 14.5 Å².